The van der Waals surface area contributed by atoms with E-state index >= 15 is 0 Å². The van der Waals surface area contributed by atoms with E-state index in [4.69, 9.17) is 0 Å². The van der Waals surface area contributed by atoms with Crippen molar-refractivity contribution in [3.05, 3.63) is 135 Å². The summed E-state index contributed by atoms with van der Waals surface area (Å²) < 4.78 is 2.49. The fourth-order valence-electron chi connectivity index (χ4n) is 6.47. The van der Waals surface area contributed by atoms with Gasteiger partial charge in [-0.25, -0.2) is 0 Å². The van der Waals surface area contributed by atoms with Crippen molar-refractivity contribution in [2.75, 3.05) is 38.0 Å². The predicted octanol–water partition coefficient (Wildman–Crippen LogP) is 10.2. The zero-order valence-electron chi connectivity index (χ0n) is 32.9. The molecule has 0 atom stereocenters. The summed E-state index contributed by atoms with van der Waals surface area (Å²) >= 11 is 10.6. The molecular weight excluding hydrogens is 1060 g/mol. The van der Waals surface area contributed by atoms with E-state index in [0.717, 1.165) is 79.7 Å². The number of allylic oxidation sites excluding steroid dienone is 11. The molecule has 6 radical (unpaired) electrons. The third-order valence-electron chi connectivity index (χ3n) is 9.65. The van der Waals surface area contributed by atoms with Crippen molar-refractivity contribution in [2.45, 2.75) is 80.5 Å². The summed E-state index contributed by atoms with van der Waals surface area (Å²) in [5.41, 5.74) is 15.7. The molecule has 270 valence electrons. The molecule has 0 unspecified atom stereocenters. The molecule has 0 fully saturated rings. The van der Waals surface area contributed by atoms with Gasteiger partial charge in [0.2, 0.25) is 0 Å². The van der Waals surface area contributed by atoms with Crippen molar-refractivity contribution < 1.29 is 0 Å². The summed E-state index contributed by atoms with van der Waals surface area (Å²) in [6, 6.07) is 20.9. The number of nitrogens with zero attached hydrogens (tertiary/aromatic N) is 2. The first-order valence-corrected chi connectivity index (χ1v) is 23.9. The second-order valence-corrected chi connectivity index (χ2v) is 20.6. The number of hydrogen-bond donors (Lipinski definition) is 1. The van der Waals surface area contributed by atoms with Crippen molar-refractivity contribution in [3.63, 3.8) is 0 Å². The summed E-state index contributed by atoms with van der Waals surface area (Å²) in [6.07, 6.45) is 17.3. The molecule has 0 amide bonds. The summed E-state index contributed by atoms with van der Waals surface area (Å²) in [7, 11) is 8.40. The van der Waals surface area contributed by atoms with E-state index in [2.05, 4.69) is 196 Å². The van der Waals surface area contributed by atoms with Crippen LogP contribution in [0.1, 0.15) is 88.6 Å². The predicted molar refractivity (Wildman–Crippen MR) is 242 cm³/mol. The van der Waals surface area contributed by atoms with Crippen molar-refractivity contribution in [1.29, 1.82) is 0 Å². The van der Waals surface area contributed by atoms with Crippen LogP contribution in [0.15, 0.2) is 113 Å². The van der Waals surface area contributed by atoms with Crippen LogP contribution in [-0.4, -0.2) is 79.7 Å². The summed E-state index contributed by atoms with van der Waals surface area (Å²) in [4.78, 5) is 5.45. The Morgan fingerprint density at radius 2 is 1.38 bits per heavy atom. The summed E-state index contributed by atoms with van der Waals surface area (Å²) in [5, 5.41) is 1.87. The molecule has 0 heterocycles. The van der Waals surface area contributed by atoms with Gasteiger partial charge in [-0.3, -0.25) is 0 Å². The molecule has 52 heavy (non-hydrogen) atoms. The normalized spacial score (nSPS) is 15.8. The van der Waals surface area contributed by atoms with Gasteiger partial charge in [-0.05, 0) is 0 Å². The molecule has 3 aromatic carbocycles. The van der Waals surface area contributed by atoms with E-state index in [9.17, 15) is 0 Å². The Morgan fingerprint density at radius 1 is 0.788 bits per heavy atom. The number of benzene rings is 3. The van der Waals surface area contributed by atoms with E-state index in [1.165, 1.54) is 70.2 Å². The third-order valence-corrected chi connectivity index (χ3v) is 12.6. The molecule has 2 nitrogen and oxygen atoms in total. The number of hydrogen-bond acceptors (Lipinski definition) is 3. The fourth-order valence-corrected chi connectivity index (χ4v) is 9.32. The topological polar surface area (TPSA) is 6.48 Å². The van der Waals surface area contributed by atoms with Gasteiger partial charge in [-0.2, -0.15) is 0 Å². The molecule has 6 heteroatoms. The minimum atomic E-state index is 0.0292. The zero-order valence-corrected chi connectivity index (χ0v) is 42.6. The second-order valence-electron chi connectivity index (χ2n) is 16.1. The Balaban J connectivity index is 1.98. The van der Waals surface area contributed by atoms with Crippen molar-refractivity contribution >= 4 is 108 Å². The number of rotatable bonds is 10. The summed E-state index contributed by atoms with van der Waals surface area (Å²) in [5.74, 6) is 0. The van der Waals surface area contributed by atoms with Crippen molar-refractivity contribution in [2.24, 2.45) is 0 Å². The van der Waals surface area contributed by atoms with Crippen LogP contribution in [-0.2, 0) is 23.5 Å². The standard InChI is InChI=1S/C46H56N2S2.2Pb/c1-12-32(42-25-24-41(48(10)11)31-43(42)50)16-18-35-14-13-15-36(19-17-34(26-27-49)33-20-22-40(23-21-33)47(8)9)44(35)37-28-38(45(2,3)4)30-39(29-37)46(5,6)7;;/h12,16-20,22-31,49-50H,1,13-15H2,2-11H3;;/p+1/b18-16+,27-26-,32-12-,34-17+,36-19+;;. The Bertz CT molecular complexity index is 1910. The maximum absolute atomic E-state index is 4.53. The Kier molecular flexibility index (Phi) is 15.5. The zero-order chi connectivity index (χ0) is 38.4. The van der Waals surface area contributed by atoms with Gasteiger partial charge in [0.25, 0.3) is 0 Å². The first-order valence-electron chi connectivity index (χ1n) is 18.2. The van der Waals surface area contributed by atoms with Gasteiger partial charge in [-0.1, -0.05) is 0 Å². The van der Waals surface area contributed by atoms with Crippen LogP contribution in [0.25, 0.3) is 16.7 Å². The molecule has 0 aliphatic heterocycles. The fraction of sp³-hybridized carbons (Fsp3) is 0.348. The molecule has 0 saturated carbocycles. The van der Waals surface area contributed by atoms with Crippen LogP contribution in [0.2, 0.25) is 3.98 Å². The van der Waals surface area contributed by atoms with Crippen molar-refractivity contribution in [3.8, 4) is 0 Å². The van der Waals surface area contributed by atoms with Crippen LogP contribution in [0, 0.1) is 0 Å². The maximum atomic E-state index is 4.53. The van der Waals surface area contributed by atoms with Gasteiger partial charge in [0.15, 0.2) is 0 Å². The van der Waals surface area contributed by atoms with Crippen LogP contribution in [0.5, 0.6) is 0 Å². The van der Waals surface area contributed by atoms with Gasteiger partial charge in [0.1, 0.15) is 0 Å². The molecule has 0 bridgehead atoms. The molecule has 0 aromatic heterocycles. The Labute approximate surface area is 358 Å². The van der Waals surface area contributed by atoms with E-state index < -0.39 is 0 Å². The van der Waals surface area contributed by atoms with Crippen LogP contribution in [0.3, 0.4) is 0 Å². The molecule has 0 spiro atoms. The molecule has 3 aromatic rings. The molecule has 1 aliphatic carbocycles. The quantitative estimate of drug-likeness (QED) is 0.0936. The second kappa shape index (κ2) is 18.7. The minimum absolute atomic E-state index is 0.0292. The average Bonchev–Trinajstić information content (AvgIpc) is 3.07. The van der Waals surface area contributed by atoms with Crippen LogP contribution in [0.4, 0.5) is 11.4 Å². The first kappa shape index (κ1) is 43.0. The van der Waals surface area contributed by atoms with Gasteiger partial charge in [0, 0.05) is 0 Å². The SMILES string of the molecule is CN(C)c1ccc(C(=C\[CH2][Pb])/C=C/C2=C(c3cc(C(C)(C)C)cc(C(C)(C)C)c3)C(=C/C=C(\C=C/S)c3ccc(N(C)C)c[c]3[Pb])/CCC2)c([SH2+])c1. The molecule has 0 saturated heterocycles. The molecular formula is C46H57N2Pb2S2+. The molecule has 4 rings (SSSR count). The first-order chi connectivity index (χ1) is 24.4. The van der Waals surface area contributed by atoms with E-state index in [1.54, 1.807) is 0 Å². The van der Waals surface area contributed by atoms with E-state index in [0.29, 0.717) is 0 Å². The van der Waals surface area contributed by atoms with Crippen molar-refractivity contribution in [1.82, 2.24) is 0 Å². The average molecular weight is 1120 g/mol. The van der Waals surface area contributed by atoms with Gasteiger partial charge in [-0.15, -0.1) is 0 Å². The Morgan fingerprint density at radius 3 is 1.90 bits per heavy atom. The Hall–Kier alpha value is -1.76. The monoisotopic (exact) mass is 1120 g/mol. The van der Waals surface area contributed by atoms with Gasteiger partial charge < -0.3 is 0 Å². The number of thiol groups is 1. The third kappa shape index (κ3) is 11.2. The number of anilines is 2. The van der Waals surface area contributed by atoms with E-state index in [1.807, 2.05) is 5.41 Å². The van der Waals surface area contributed by atoms with E-state index in [-0.39, 0.29) is 10.8 Å². The van der Waals surface area contributed by atoms with Crippen LogP contribution < -0.4 is 12.9 Å². The van der Waals surface area contributed by atoms with Gasteiger partial charge in [0.05, 0.1) is 0 Å². The molecule has 1 aliphatic rings. The molecule has 0 N–H and O–H groups in total. The van der Waals surface area contributed by atoms with Gasteiger partial charge >= 0.3 is 362 Å². The summed E-state index contributed by atoms with van der Waals surface area (Å²) in [6.45, 7) is 14.0. The van der Waals surface area contributed by atoms with Crippen LogP contribution >= 0.6 is 12.6 Å².